The van der Waals surface area contributed by atoms with E-state index in [2.05, 4.69) is 51.5 Å². The van der Waals surface area contributed by atoms with Crippen LogP contribution in [0.3, 0.4) is 0 Å². The minimum atomic E-state index is -1.01. The van der Waals surface area contributed by atoms with Crippen LogP contribution >= 0.6 is 0 Å². The Balaban J connectivity index is 1.53. The number of carbonyl (C=O) groups excluding carboxylic acids is 2. The van der Waals surface area contributed by atoms with Gasteiger partial charge in [-0.25, -0.2) is 0 Å². The van der Waals surface area contributed by atoms with E-state index in [1.807, 2.05) is 0 Å². The third kappa shape index (κ3) is 7.69. The van der Waals surface area contributed by atoms with Crippen molar-refractivity contribution in [3.63, 3.8) is 0 Å². The first-order chi connectivity index (χ1) is 22.5. The lowest BCUT2D eigenvalue weighted by molar-refractivity contribution is -0.246. The van der Waals surface area contributed by atoms with E-state index in [0.717, 1.165) is 63.2 Å². The lowest BCUT2D eigenvalue weighted by atomic mass is 9.39. The molecule has 0 aromatic carbocycles. The second kappa shape index (κ2) is 16.5. The molecule has 6 unspecified atom stereocenters. The Hall–Kier alpha value is -2.19. The first-order valence-corrected chi connectivity index (χ1v) is 18.8. The van der Waals surface area contributed by atoms with Crippen molar-refractivity contribution in [3.05, 3.63) is 25.3 Å². The van der Waals surface area contributed by atoms with Gasteiger partial charge >= 0.3 is 5.97 Å². The smallest absolute Gasteiger partial charge is 0.312 e. The zero-order valence-electron chi connectivity index (χ0n) is 29.8. The van der Waals surface area contributed by atoms with Crippen LogP contribution in [0.1, 0.15) is 118 Å². The molecule has 3 N–H and O–H groups in total. The molecule has 4 aliphatic rings. The molecule has 4 saturated carbocycles. The second-order valence-electron chi connectivity index (χ2n) is 15.8. The molecule has 266 valence electrons. The molecular formula is C39H64N2O6. The monoisotopic (exact) mass is 656 g/mol. The standard InChI is InChI=1S/C39H64N2O6/c1-7-14-27(4)30-15-16-31-29-25-33(47-24-13-11-22-41-35(43)9-3)39(36(44)45)26-28(46-23-12-10-21-40-34(42)8-2)17-20-38(39,6)32(29)18-19-37(30,31)5/h8-9,27-33H,2-3,7,10-26H2,1,4-6H3,(H,40,42)(H,41,43)(H,44,45)/t27-,28?,29?,30-,31?,32?,33?,37-,38-,39?/m1/s1. The molecule has 8 heteroatoms. The van der Waals surface area contributed by atoms with Crippen LogP contribution in [0.5, 0.6) is 0 Å². The van der Waals surface area contributed by atoms with Gasteiger partial charge in [-0.15, -0.1) is 0 Å². The fourth-order valence-corrected chi connectivity index (χ4v) is 11.2. The summed E-state index contributed by atoms with van der Waals surface area (Å²) in [7, 11) is 0. The van der Waals surface area contributed by atoms with E-state index in [4.69, 9.17) is 9.47 Å². The lowest BCUT2D eigenvalue weighted by Gasteiger charge is -2.66. The third-order valence-corrected chi connectivity index (χ3v) is 13.5. The average Bonchev–Trinajstić information content (AvgIpc) is 3.41. The second-order valence-corrected chi connectivity index (χ2v) is 15.8. The predicted octanol–water partition coefficient (Wildman–Crippen LogP) is 7.08. The lowest BCUT2D eigenvalue weighted by Crippen LogP contribution is -2.68. The predicted molar refractivity (Wildman–Crippen MR) is 186 cm³/mol. The molecule has 0 aromatic rings. The van der Waals surface area contributed by atoms with E-state index in [9.17, 15) is 19.5 Å². The molecule has 0 radical (unpaired) electrons. The molecule has 0 bridgehead atoms. The molecule has 0 spiro atoms. The first kappa shape index (κ1) is 37.6. The highest BCUT2D eigenvalue weighted by Gasteiger charge is 2.71. The summed E-state index contributed by atoms with van der Waals surface area (Å²) in [6.45, 7) is 18.8. The normalized spacial score (nSPS) is 36.7. The Labute approximate surface area is 284 Å². The van der Waals surface area contributed by atoms with Crippen LogP contribution in [0.25, 0.3) is 0 Å². The average molecular weight is 657 g/mol. The van der Waals surface area contributed by atoms with E-state index >= 15 is 0 Å². The SMILES string of the molecule is C=CC(=O)NCCCCOC1CC[C@]2(C)C3CC[C@@]4(C)C(CC[C@@H]4[C@H](C)CCC)C3CC(OCCCCNC(=O)C=C)C2(C(=O)O)C1. The number of hydrogen-bond acceptors (Lipinski definition) is 5. The number of hydrogen-bond donors (Lipinski definition) is 3. The number of carboxylic acid groups (broad SMARTS) is 1. The summed E-state index contributed by atoms with van der Waals surface area (Å²) < 4.78 is 13.2. The topological polar surface area (TPSA) is 114 Å². The first-order valence-electron chi connectivity index (χ1n) is 18.8. The fourth-order valence-electron chi connectivity index (χ4n) is 11.2. The van der Waals surface area contributed by atoms with Gasteiger partial charge in [-0.1, -0.05) is 53.7 Å². The van der Waals surface area contributed by atoms with Crippen LogP contribution in [0.2, 0.25) is 0 Å². The van der Waals surface area contributed by atoms with Crippen molar-refractivity contribution >= 4 is 17.8 Å². The van der Waals surface area contributed by atoms with Crippen molar-refractivity contribution in [1.29, 1.82) is 0 Å². The van der Waals surface area contributed by atoms with Gasteiger partial charge in [0.25, 0.3) is 0 Å². The maximum Gasteiger partial charge on any atom is 0.312 e. The fraction of sp³-hybridized carbons (Fsp3) is 0.821. The number of rotatable bonds is 18. The Morgan fingerprint density at radius 1 is 0.894 bits per heavy atom. The van der Waals surface area contributed by atoms with Crippen molar-refractivity contribution in [2.75, 3.05) is 26.3 Å². The van der Waals surface area contributed by atoms with Gasteiger partial charge in [0, 0.05) is 26.3 Å². The Bertz CT molecular complexity index is 1110. The molecule has 4 rings (SSSR count). The quantitative estimate of drug-likeness (QED) is 0.107. The van der Waals surface area contributed by atoms with Crippen molar-refractivity contribution in [2.45, 2.75) is 130 Å². The van der Waals surface area contributed by atoms with Gasteiger partial charge in [-0.2, -0.15) is 0 Å². The Morgan fingerprint density at radius 2 is 1.53 bits per heavy atom. The van der Waals surface area contributed by atoms with E-state index in [1.54, 1.807) is 0 Å². The number of carbonyl (C=O) groups is 3. The molecule has 0 saturated heterocycles. The molecule has 0 heterocycles. The van der Waals surface area contributed by atoms with Gasteiger partial charge in [0.2, 0.25) is 11.8 Å². The molecule has 2 amide bonds. The van der Waals surface area contributed by atoms with Gasteiger partial charge in [0.1, 0.15) is 5.41 Å². The summed E-state index contributed by atoms with van der Waals surface area (Å²) in [5.41, 5.74) is -1.06. The zero-order valence-corrected chi connectivity index (χ0v) is 29.8. The summed E-state index contributed by atoms with van der Waals surface area (Å²) in [6.07, 6.45) is 15.6. The van der Waals surface area contributed by atoms with Crippen molar-refractivity contribution in [3.8, 4) is 0 Å². The van der Waals surface area contributed by atoms with Gasteiger partial charge < -0.3 is 25.2 Å². The van der Waals surface area contributed by atoms with E-state index in [1.165, 1.54) is 44.3 Å². The highest BCUT2D eigenvalue weighted by molar-refractivity contribution is 5.87. The summed E-state index contributed by atoms with van der Waals surface area (Å²) in [6, 6.07) is 0. The summed E-state index contributed by atoms with van der Waals surface area (Å²) in [5.74, 6) is 1.86. The zero-order chi connectivity index (χ0) is 34.2. The van der Waals surface area contributed by atoms with Crippen LogP contribution in [-0.4, -0.2) is 61.4 Å². The molecule has 10 atom stereocenters. The molecular weight excluding hydrogens is 592 g/mol. The summed E-state index contributed by atoms with van der Waals surface area (Å²) >= 11 is 0. The largest absolute Gasteiger partial charge is 0.481 e. The van der Waals surface area contributed by atoms with Gasteiger partial charge in [-0.05, 0) is 130 Å². The molecule has 0 aromatic heterocycles. The van der Waals surface area contributed by atoms with Gasteiger partial charge in [0.05, 0.1) is 12.2 Å². The van der Waals surface area contributed by atoms with Crippen LogP contribution in [0.4, 0.5) is 0 Å². The molecule has 4 fully saturated rings. The summed E-state index contributed by atoms with van der Waals surface area (Å²) in [5, 5.41) is 16.9. The van der Waals surface area contributed by atoms with Crippen LogP contribution < -0.4 is 10.6 Å². The maximum absolute atomic E-state index is 13.8. The number of carboxylic acids is 1. The highest BCUT2D eigenvalue weighted by atomic mass is 16.5. The van der Waals surface area contributed by atoms with Crippen LogP contribution in [0.15, 0.2) is 25.3 Å². The highest BCUT2D eigenvalue weighted by Crippen LogP contribution is 2.72. The number of unbranched alkanes of at least 4 members (excludes halogenated alkanes) is 2. The molecule has 47 heavy (non-hydrogen) atoms. The Kier molecular flexibility index (Phi) is 13.2. The van der Waals surface area contributed by atoms with Gasteiger partial charge in [0.15, 0.2) is 0 Å². The minimum Gasteiger partial charge on any atom is -0.481 e. The van der Waals surface area contributed by atoms with Crippen molar-refractivity contribution in [2.24, 2.45) is 45.8 Å². The number of amides is 2. The number of fused-ring (bicyclic) bond motifs is 5. The molecule has 8 nitrogen and oxygen atoms in total. The van der Waals surface area contributed by atoms with E-state index < -0.39 is 11.4 Å². The number of nitrogens with one attached hydrogen (secondary N) is 2. The van der Waals surface area contributed by atoms with Crippen LogP contribution in [0, 0.1) is 45.8 Å². The van der Waals surface area contributed by atoms with Crippen molar-refractivity contribution < 1.29 is 29.0 Å². The van der Waals surface area contributed by atoms with E-state index in [-0.39, 0.29) is 29.4 Å². The minimum absolute atomic E-state index is 0.127. The third-order valence-electron chi connectivity index (χ3n) is 13.5. The molecule has 4 aliphatic carbocycles. The number of ether oxygens (including phenoxy) is 2. The maximum atomic E-state index is 13.8. The summed E-state index contributed by atoms with van der Waals surface area (Å²) in [4.78, 5) is 36.8. The van der Waals surface area contributed by atoms with Crippen molar-refractivity contribution in [1.82, 2.24) is 10.6 Å². The Morgan fingerprint density at radius 3 is 2.13 bits per heavy atom. The number of aliphatic carboxylic acids is 1. The van der Waals surface area contributed by atoms with E-state index in [0.29, 0.717) is 55.9 Å². The van der Waals surface area contributed by atoms with Crippen LogP contribution in [-0.2, 0) is 23.9 Å². The van der Waals surface area contributed by atoms with Gasteiger partial charge in [-0.3, -0.25) is 14.4 Å². The molecule has 0 aliphatic heterocycles.